The highest BCUT2D eigenvalue weighted by Crippen LogP contribution is 2.41. The van der Waals surface area contributed by atoms with Crippen LogP contribution in [0.4, 0.5) is 5.69 Å². The molecule has 0 amide bonds. The molecule has 1 aliphatic carbocycles. The Morgan fingerprint density at radius 1 is 1.08 bits per heavy atom. The lowest BCUT2D eigenvalue weighted by molar-refractivity contribution is -0.0610. The van der Waals surface area contributed by atoms with Crippen LogP contribution in [0.2, 0.25) is 0 Å². The predicted molar refractivity (Wildman–Crippen MR) is 93.0 cm³/mol. The van der Waals surface area contributed by atoms with Crippen molar-refractivity contribution in [2.75, 3.05) is 24.6 Å². The zero-order valence-corrected chi connectivity index (χ0v) is 14.3. The van der Waals surface area contributed by atoms with Crippen LogP contribution in [0, 0.1) is 0 Å². The molecule has 2 aliphatic rings. The quantitative estimate of drug-likeness (QED) is 0.826. The first kappa shape index (κ1) is 15.6. The molecular formula is C19H25N3O2. The van der Waals surface area contributed by atoms with Crippen molar-refractivity contribution in [3.8, 4) is 11.4 Å². The second-order valence-electron chi connectivity index (χ2n) is 6.80. The Kier molecular flexibility index (Phi) is 4.27. The lowest BCUT2D eigenvalue weighted by Crippen LogP contribution is -2.26. The van der Waals surface area contributed by atoms with Crippen molar-refractivity contribution in [3.05, 3.63) is 30.2 Å². The molecule has 1 aliphatic heterocycles. The molecule has 5 nitrogen and oxygen atoms in total. The van der Waals surface area contributed by atoms with Gasteiger partial charge in [0, 0.05) is 30.9 Å². The van der Waals surface area contributed by atoms with Gasteiger partial charge in [-0.3, -0.25) is 0 Å². The first-order chi connectivity index (χ1) is 11.8. The molecule has 24 heavy (non-hydrogen) atoms. The summed E-state index contributed by atoms with van der Waals surface area (Å²) in [5, 5.41) is 4.21. The van der Waals surface area contributed by atoms with E-state index in [-0.39, 0.29) is 5.60 Å². The van der Waals surface area contributed by atoms with Gasteiger partial charge in [-0.1, -0.05) is 5.16 Å². The van der Waals surface area contributed by atoms with Gasteiger partial charge in [0.15, 0.2) is 0 Å². The Morgan fingerprint density at radius 3 is 2.46 bits per heavy atom. The summed E-state index contributed by atoms with van der Waals surface area (Å²) >= 11 is 0. The molecule has 2 aromatic rings. The molecule has 0 bridgehead atoms. The van der Waals surface area contributed by atoms with Crippen molar-refractivity contribution in [2.24, 2.45) is 0 Å². The molecule has 4 rings (SSSR count). The smallest absolute Gasteiger partial charge is 0.259 e. The topological polar surface area (TPSA) is 51.4 Å². The van der Waals surface area contributed by atoms with Gasteiger partial charge in [-0.25, -0.2) is 0 Å². The highest BCUT2D eigenvalue weighted by Gasteiger charge is 2.41. The fraction of sp³-hybridized carbons (Fsp3) is 0.579. The third-order valence-corrected chi connectivity index (χ3v) is 5.24. The molecule has 2 heterocycles. The number of ether oxygens (including phenoxy) is 1. The summed E-state index contributed by atoms with van der Waals surface area (Å²) < 4.78 is 11.6. The van der Waals surface area contributed by atoms with Gasteiger partial charge in [-0.05, 0) is 69.7 Å². The van der Waals surface area contributed by atoms with E-state index in [4.69, 9.17) is 9.26 Å². The van der Waals surface area contributed by atoms with Crippen LogP contribution in [-0.4, -0.2) is 29.8 Å². The maximum atomic E-state index is 6.01. The third kappa shape index (κ3) is 2.81. The molecule has 1 aromatic heterocycles. The summed E-state index contributed by atoms with van der Waals surface area (Å²) in [6.45, 7) is 5.00. The zero-order valence-electron chi connectivity index (χ0n) is 14.3. The Balaban J connectivity index is 1.56. The number of hydrogen-bond acceptors (Lipinski definition) is 5. The highest BCUT2D eigenvalue weighted by atomic mass is 16.5. The summed E-state index contributed by atoms with van der Waals surface area (Å²) in [7, 11) is 0. The van der Waals surface area contributed by atoms with E-state index in [0.717, 1.165) is 44.3 Å². The molecule has 0 radical (unpaired) electrons. The SMILES string of the molecule is CCOC1(c2nc(-c3ccc(N4CCCC4)cc3)no2)CCCC1. The Bertz CT molecular complexity index is 668. The summed E-state index contributed by atoms with van der Waals surface area (Å²) in [4.78, 5) is 7.09. The minimum Gasteiger partial charge on any atom is -0.372 e. The largest absolute Gasteiger partial charge is 0.372 e. The van der Waals surface area contributed by atoms with E-state index >= 15 is 0 Å². The monoisotopic (exact) mass is 327 g/mol. The molecule has 5 heteroatoms. The maximum Gasteiger partial charge on any atom is 0.259 e. The lowest BCUT2D eigenvalue weighted by Gasteiger charge is -2.24. The Morgan fingerprint density at radius 2 is 1.79 bits per heavy atom. The number of hydrogen-bond donors (Lipinski definition) is 0. The number of nitrogens with zero attached hydrogens (tertiary/aromatic N) is 3. The average Bonchev–Trinajstić information content (AvgIpc) is 3.36. The van der Waals surface area contributed by atoms with Crippen LogP contribution in [0.25, 0.3) is 11.4 Å². The van der Waals surface area contributed by atoms with Crippen molar-refractivity contribution in [2.45, 2.75) is 51.0 Å². The van der Waals surface area contributed by atoms with Crippen LogP contribution in [0.3, 0.4) is 0 Å². The van der Waals surface area contributed by atoms with Crippen LogP contribution in [0.1, 0.15) is 51.3 Å². The van der Waals surface area contributed by atoms with Crippen LogP contribution < -0.4 is 4.90 Å². The molecule has 0 unspecified atom stereocenters. The highest BCUT2D eigenvalue weighted by molar-refractivity contribution is 5.60. The standard InChI is InChI=1S/C19H25N3O2/c1-2-23-19(11-3-4-12-19)18-20-17(21-24-18)15-7-9-16(10-8-15)22-13-5-6-14-22/h7-10H,2-6,11-14H2,1H3. The summed E-state index contributed by atoms with van der Waals surface area (Å²) in [6.07, 6.45) is 6.82. The summed E-state index contributed by atoms with van der Waals surface area (Å²) in [6, 6.07) is 8.49. The van der Waals surface area contributed by atoms with Gasteiger partial charge in [0.25, 0.3) is 5.89 Å². The second-order valence-corrected chi connectivity index (χ2v) is 6.80. The van der Waals surface area contributed by atoms with E-state index in [9.17, 15) is 0 Å². The molecule has 0 spiro atoms. The molecule has 1 saturated heterocycles. The molecule has 1 aromatic carbocycles. The Labute approximate surface area is 143 Å². The van der Waals surface area contributed by atoms with Gasteiger partial charge in [-0.2, -0.15) is 4.98 Å². The molecule has 128 valence electrons. The molecule has 0 atom stereocenters. The van der Waals surface area contributed by atoms with E-state index in [0.29, 0.717) is 18.3 Å². The van der Waals surface area contributed by atoms with Crippen LogP contribution in [0.15, 0.2) is 28.8 Å². The van der Waals surface area contributed by atoms with E-state index in [1.54, 1.807) is 0 Å². The molecule has 0 N–H and O–H groups in total. The van der Waals surface area contributed by atoms with Gasteiger partial charge in [0.1, 0.15) is 5.60 Å². The van der Waals surface area contributed by atoms with Crippen molar-refractivity contribution >= 4 is 5.69 Å². The van der Waals surface area contributed by atoms with Crippen LogP contribution in [0.5, 0.6) is 0 Å². The van der Waals surface area contributed by atoms with Crippen LogP contribution in [-0.2, 0) is 10.3 Å². The minimum absolute atomic E-state index is 0.366. The first-order valence-electron chi connectivity index (χ1n) is 9.14. The molecule has 1 saturated carbocycles. The second kappa shape index (κ2) is 6.55. The Hall–Kier alpha value is -1.88. The fourth-order valence-electron chi connectivity index (χ4n) is 3.96. The number of rotatable bonds is 5. The van der Waals surface area contributed by atoms with E-state index in [1.807, 2.05) is 6.92 Å². The zero-order chi connectivity index (χ0) is 16.4. The van der Waals surface area contributed by atoms with Crippen LogP contribution >= 0.6 is 0 Å². The van der Waals surface area contributed by atoms with E-state index < -0.39 is 0 Å². The summed E-state index contributed by atoms with van der Waals surface area (Å²) in [5.74, 6) is 1.30. The van der Waals surface area contributed by atoms with Crippen molar-refractivity contribution in [1.82, 2.24) is 10.1 Å². The van der Waals surface area contributed by atoms with Gasteiger partial charge >= 0.3 is 0 Å². The van der Waals surface area contributed by atoms with Crippen molar-refractivity contribution in [3.63, 3.8) is 0 Å². The minimum atomic E-state index is -0.366. The first-order valence-corrected chi connectivity index (χ1v) is 9.14. The van der Waals surface area contributed by atoms with Gasteiger partial charge in [0.05, 0.1) is 0 Å². The van der Waals surface area contributed by atoms with Gasteiger partial charge in [0.2, 0.25) is 5.82 Å². The van der Waals surface area contributed by atoms with E-state index in [2.05, 4.69) is 39.3 Å². The van der Waals surface area contributed by atoms with Gasteiger partial charge < -0.3 is 14.2 Å². The third-order valence-electron chi connectivity index (χ3n) is 5.24. The molecule has 2 fully saturated rings. The maximum absolute atomic E-state index is 6.01. The van der Waals surface area contributed by atoms with Crippen molar-refractivity contribution < 1.29 is 9.26 Å². The number of aromatic nitrogens is 2. The fourth-order valence-corrected chi connectivity index (χ4v) is 3.96. The van der Waals surface area contributed by atoms with E-state index in [1.165, 1.54) is 18.5 Å². The predicted octanol–water partition coefficient (Wildman–Crippen LogP) is 4.14. The van der Waals surface area contributed by atoms with Crippen molar-refractivity contribution in [1.29, 1.82) is 0 Å². The lowest BCUT2D eigenvalue weighted by atomic mass is 10.0. The number of benzene rings is 1. The normalized spacial score (nSPS) is 20.0. The average molecular weight is 327 g/mol. The van der Waals surface area contributed by atoms with Gasteiger partial charge in [-0.15, -0.1) is 0 Å². The summed E-state index contributed by atoms with van der Waals surface area (Å²) in [5.41, 5.74) is 1.91. The number of anilines is 1. The molecular weight excluding hydrogens is 302 g/mol.